The molecule has 6 heteroatoms. The Morgan fingerprint density at radius 2 is 2.16 bits per heavy atom. The highest BCUT2D eigenvalue weighted by molar-refractivity contribution is 5.87. The van der Waals surface area contributed by atoms with Crippen molar-refractivity contribution in [2.75, 3.05) is 19.7 Å². The molecule has 0 radical (unpaired) electrons. The van der Waals surface area contributed by atoms with Crippen molar-refractivity contribution in [3.05, 3.63) is 30.3 Å². The smallest absolute Gasteiger partial charge is 0.258 e. The molecule has 6 nitrogen and oxygen atoms in total. The summed E-state index contributed by atoms with van der Waals surface area (Å²) in [6.07, 6.45) is 0. The summed E-state index contributed by atoms with van der Waals surface area (Å²) in [6, 6.07) is 10.6. The summed E-state index contributed by atoms with van der Waals surface area (Å²) in [4.78, 5) is 24.3. The van der Waals surface area contributed by atoms with E-state index < -0.39 is 0 Å². The number of ether oxygens (including phenoxy) is 1. The quantitative estimate of drug-likeness (QED) is 0.749. The summed E-state index contributed by atoms with van der Waals surface area (Å²) in [5, 5.41) is 11.0. The van der Waals surface area contributed by atoms with Crippen LogP contribution >= 0.6 is 0 Å². The summed E-state index contributed by atoms with van der Waals surface area (Å²) < 4.78 is 5.23. The van der Waals surface area contributed by atoms with Crippen molar-refractivity contribution in [2.45, 2.75) is 6.04 Å². The van der Waals surface area contributed by atoms with Crippen molar-refractivity contribution in [1.29, 1.82) is 5.26 Å². The minimum atomic E-state index is -0.368. The van der Waals surface area contributed by atoms with Gasteiger partial charge in [-0.2, -0.15) is 5.26 Å². The first-order chi connectivity index (χ1) is 9.20. The van der Waals surface area contributed by atoms with Gasteiger partial charge in [-0.1, -0.05) is 18.2 Å². The number of benzene rings is 1. The van der Waals surface area contributed by atoms with Gasteiger partial charge in [0, 0.05) is 0 Å². The average Bonchev–Trinajstić information content (AvgIpc) is 3.23. The summed E-state index contributed by atoms with van der Waals surface area (Å²) >= 11 is 0. The Kier molecular flexibility index (Phi) is 3.98. The molecule has 1 N–H and O–H groups in total. The predicted octanol–water partition coefficient (Wildman–Crippen LogP) is -0.0840. The number of carbonyl (C=O) groups is 2. The van der Waals surface area contributed by atoms with Gasteiger partial charge in [-0.15, -0.1) is 0 Å². The maximum atomic E-state index is 11.5. The van der Waals surface area contributed by atoms with Gasteiger partial charge >= 0.3 is 0 Å². The molecule has 19 heavy (non-hydrogen) atoms. The van der Waals surface area contributed by atoms with E-state index in [2.05, 4.69) is 5.32 Å². The molecule has 1 atom stereocenters. The van der Waals surface area contributed by atoms with E-state index in [1.807, 2.05) is 12.1 Å². The number of hydrogen-bond donors (Lipinski definition) is 1. The average molecular weight is 259 g/mol. The van der Waals surface area contributed by atoms with Crippen molar-refractivity contribution in [2.24, 2.45) is 0 Å². The second-order valence-corrected chi connectivity index (χ2v) is 4.07. The molecule has 0 aromatic heterocycles. The van der Waals surface area contributed by atoms with E-state index in [1.54, 1.807) is 24.3 Å². The van der Waals surface area contributed by atoms with Crippen LogP contribution in [0.4, 0.5) is 0 Å². The lowest BCUT2D eigenvalue weighted by atomic mass is 10.3. The molecule has 1 saturated heterocycles. The lowest BCUT2D eigenvalue weighted by Gasteiger charge is -2.07. The topological polar surface area (TPSA) is 82.2 Å². The first-order valence-corrected chi connectivity index (χ1v) is 5.84. The van der Waals surface area contributed by atoms with E-state index in [-0.39, 0.29) is 31.0 Å². The molecule has 1 aliphatic heterocycles. The van der Waals surface area contributed by atoms with Crippen LogP contribution in [0.3, 0.4) is 0 Å². The van der Waals surface area contributed by atoms with E-state index in [0.29, 0.717) is 12.3 Å². The first-order valence-electron chi connectivity index (χ1n) is 5.84. The fraction of sp³-hybridized carbons (Fsp3) is 0.308. The summed E-state index contributed by atoms with van der Waals surface area (Å²) in [7, 11) is 0. The second kappa shape index (κ2) is 5.87. The van der Waals surface area contributed by atoms with Gasteiger partial charge in [0.25, 0.3) is 5.91 Å². The van der Waals surface area contributed by atoms with Gasteiger partial charge in [-0.25, -0.2) is 0 Å². The molecule has 2 amide bonds. The summed E-state index contributed by atoms with van der Waals surface area (Å²) in [6.45, 7) is 0.208. The minimum absolute atomic E-state index is 0.102. The van der Waals surface area contributed by atoms with Crippen LogP contribution in [-0.4, -0.2) is 42.5 Å². The van der Waals surface area contributed by atoms with Crippen LogP contribution in [0, 0.1) is 11.3 Å². The number of hydrogen-bond acceptors (Lipinski definition) is 4. The first kappa shape index (κ1) is 12.9. The van der Waals surface area contributed by atoms with E-state index in [0.717, 1.165) is 0 Å². The van der Waals surface area contributed by atoms with E-state index in [9.17, 15) is 9.59 Å². The molecule has 2 rings (SSSR count). The summed E-state index contributed by atoms with van der Waals surface area (Å²) in [5.41, 5.74) is 0. The fourth-order valence-electron chi connectivity index (χ4n) is 1.52. The summed E-state index contributed by atoms with van der Waals surface area (Å²) in [5.74, 6) is -0.0216. The van der Waals surface area contributed by atoms with E-state index in [1.165, 1.54) is 4.90 Å². The molecule has 98 valence electrons. The normalized spacial score (nSPS) is 16.4. The Balaban J connectivity index is 1.65. The molecule has 0 bridgehead atoms. The second-order valence-electron chi connectivity index (χ2n) is 4.07. The molecule has 1 unspecified atom stereocenters. The molecule has 1 aliphatic rings. The zero-order chi connectivity index (χ0) is 13.7. The zero-order valence-electron chi connectivity index (χ0n) is 10.2. The number of para-hydroxylation sites is 1. The van der Waals surface area contributed by atoms with Gasteiger partial charge in [0.2, 0.25) is 5.91 Å². The van der Waals surface area contributed by atoms with Crippen molar-refractivity contribution in [1.82, 2.24) is 10.2 Å². The van der Waals surface area contributed by atoms with Crippen molar-refractivity contribution < 1.29 is 14.3 Å². The zero-order valence-corrected chi connectivity index (χ0v) is 10.2. The lowest BCUT2D eigenvalue weighted by molar-refractivity contribution is -0.129. The van der Waals surface area contributed by atoms with Gasteiger partial charge in [0.15, 0.2) is 6.61 Å². The van der Waals surface area contributed by atoms with Gasteiger partial charge in [-0.05, 0) is 12.1 Å². The number of nitrogens with zero attached hydrogens (tertiary/aromatic N) is 2. The fourth-order valence-corrected chi connectivity index (χ4v) is 1.52. The van der Waals surface area contributed by atoms with Crippen LogP contribution in [0.1, 0.15) is 0 Å². The van der Waals surface area contributed by atoms with Gasteiger partial charge in [0.05, 0.1) is 19.2 Å². The Morgan fingerprint density at radius 1 is 1.42 bits per heavy atom. The molecule has 1 aromatic carbocycles. The Hall–Kier alpha value is -2.55. The maximum absolute atomic E-state index is 11.5. The molecule has 1 fully saturated rings. The predicted molar refractivity (Wildman–Crippen MR) is 66.1 cm³/mol. The Labute approximate surface area is 110 Å². The molecule has 1 aromatic rings. The molecular formula is C13H13N3O3. The molecule has 1 heterocycles. The number of nitriles is 1. The van der Waals surface area contributed by atoms with Crippen LogP contribution in [-0.2, 0) is 9.59 Å². The number of amides is 2. The van der Waals surface area contributed by atoms with Gasteiger partial charge in [-0.3, -0.25) is 9.59 Å². The molecule has 0 saturated carbocycles. The third-order valence-electron chi connectivity index (χ3n) is 2.63. The lowest BCUT2D eigenvalue weighted by Crippen LogP contribution is -2.36. The van der Waals surface area contributed by atoms with E-state index in [4.69, 9.17) is 10.00 Å². The highest BCUT2D eigenvalue weighted by atomic mass is 16.5. The standard InChI is InChI=1S/C13H13N3O3/c14-6-10-8-16(10)13(18)7-15-12(17)9-19-11-4-2-1-3-5-11/h1-5,10H,7-9H2,(H,15,17). The van der Waals surface area contributed by atoms with Crippen LogP contribution < -0.4 is 10.1 Å². The van der Waals surface area contributed by atoms with Crippen molar-refractivity contribution >= 4 is 11.8 Å². The van der Waals surface area contributed by atoms with Gasteiger partial charge < -0.3 is 15.0 Å². The third kappa shape index (κ3) is 3.71. The Morgan fingerprint density at radius 3 is 2.79 bits per heavy atom. The highest BCUT2D eigenvalue weighted by Gasteiger charge is 2.38. The largest absolute Gasteiger partial charge is 0.484 e. The maximum Gasteiger partial charge on any atom is 0.258 e. The van der Waals surface area contributed by atoms with Crippen LogP contribution in [0.2, 0.25) is 0 Å². The molecular weight excluding hydrogens is 246 g/mol. The van der Waals surface area contributed by atoms with E-state index >= 15 is 0 Å². The molecule has 0 spiro atoms. The van der Waals surface area contributed by atoms with Gasteiger partial charge in [0.1, 0.15) is 11.8 Å². The van der Waals surface area contributed by atoms with Crippen LogP contribution in [0.25, 0.3) is 0 Å². The third-order valence-corrected chi connectivity index (χ3v) is 2.63. The molecule has 0 aliphatic carbocycles. The Bertz CT molecular complexity index is 510. The SMILES string of the molecule is N#CC1CN1C(=O)CNC(=O)COc1ccccc1. The van der Waals surface area contributed by atoms with Crippen molar-refractivity contribution in [3.8, 4) is 11.8 Å². The number of carbonyl (C=O) groups excluding carboxylic acids is 2. The van der Waals surface area contributed by atoms with Crippen LogP contribution in [0.15, 0.2) is 30.3 Å². The highest BCUT2D eigenvalue weighted by Crippen LogP contribution is 2.15. The van der Waals surface area contributed by atoms with Crippen molar-refractivity contribution in [3.63, 3.8) is 0 Å². The minimum Gasteiger partial charge on any atom is -0.484 e. The van der Waals surface area contributed by atoms with Crippen LogP contribution in [0.5, 0.6) is 5.75 Å². The number of rotatable bonds is 5. The monoisotopic (exact) mass is 259 g/mol. The number of nitrogens with one attached hydrogen (secondary N) is 1.